The highest BCUT2D eigenvalue weighted by atomic mass is 15.1. The molecule has 0 spiro atoms. The van der Waals surface area contributed by atoms with E-state index < -0.39 is 0 Å². The van der Waals surface area contributed by atoms with Gasteiger partial charge in [-0.2, -0.15) is 5.26 Å². The minimum absolute atomic E-state index is 0.256. The average Bonchev–Trinajstić information content (AvgIpc) is 2.28. The van der Waals surface area contributed by atoms with Crippen LogP contribution in [0.1, 0.15) is 52.9 Å². The highest BCUT2D eigenvalue weighted by Crippen LogP contribution is 2.34. The van der Waals surface area contributed by atoms with Gasteiger partial charge in [-0.1, -0.05) is 33.6 Å². The third-order valence-corrected chi connectivity index (χ3v) is 4.01. The quantitative estimate of drug-likeness (QED) is 0.728. The van der Waals surface area contributed by atoms with E-state index >= 15 is 0 Å². The van der Waals surface area contributed by atoms with Crippen molar-refractivity contribution >= 4 is 0 Å². The Morgan fingerprint density at radius 2 is 2.06 bits per heavy atom. The topological polar surface area (TPSA) is 27.0 Å². The van der Waals surface area contributed by atoms with Crippen molar-refractivity contribution in [3.05, 3.63) is 0 Å². The number of nitriles is 1. The molecule has 98 valence electrons. The predicted molar refractivity (Wildman–Crippen MR) is 72.6 cm³/mol. The van der Waals surface area contributed by atoms with Gasteiger partial charge < -0.3 is 4.90 Å². The zero-order chi connectivity index (χ0) is 12.8. The Labute approximate surface area is 107 Å². The van der Waals surface area contributed by atoms with Crippen LogP contribution in [0.3, 0.4) is 0 Å². The first kappa shape index (κ1) is 14.5. The standard InChI is InChI=1S/C15H28N2/c1-5-6-13-7-8-14(10-16)15(9-13)17(4)11-12(2)3/h12-15H,5-9,11H2,1-4H3. The molecular formula is C15H28N2. The lowest BCUT2D eigenvalue weighted by molar-refractivity contribution is 0.111. The van der Waals surface area contributed by atoms with Gasteiger partial charge in [-0.15, -0.1) is 0 Å². The van der Waals surface area contributed by atoms with Crippen LogP contribution < -0.4 is 0 Å². The van der Waals surface area contributed by atoms with Crippen LogP contribution in [0, 0.1) is 29.1 Å². The van der Waals surface area contributed by atoms with Crippen LogP contribution in [-0.4, -0.2) is 24.5 Å². The molecule has 1 fully saturated rings. The minimum Gasteiger partial charge on any atom is -0.302 e. The van der Waals surface area contributed by atoms with Gasteiger partial charge in [0.1, 0.15) is 0 Å². The zero-order valence-electron chi connectivity index (χ0n) is 11.9. The monoisotopic (exact) mass is 236 g/mol. The SMILES string of the molecule is CCCC1CCC(C#N)C(N(C)CC(C)C)C1. The summed E-state index contributed by atoms with van der Waals surface area (Å²) in [5.74, 6) is 1.79. The maximum Gasteiger partial charge on any atom is 0.0672 e. The molecule has 1 aliphatic rings. The first-order chi connectivity index (χ1) is 8.08. The number of hydrogen-bond acceptors (Lipinski definition) is 2. The second-order valence-electron chi connectivity index (χ2n) is 6.10. The van der Waals surface area contributed by atoms with Gasteiger partial charge in [-0.25, -0.2) is 0 Å². The predicted octanol–water partition coefficient (Wildman–Crippen LogP) is 3.68. The number of rotatable bonds is 5. The van der Waals surface area contributed by atoms with Gasteiger partial charge in [0.15, 0.2) is 0 Å². The number of nitrogens with zero attached hydrogens (tertiary/aromatic N) is 2. The number of hydrogen-bond donors (Lipinski definition) is 0. The van der Waals surface area contributed by atoms with Crippen molar-refractivity contribution in [1.82, 2.24) is 4.90 Å². The van der Waals surface area contributed by atoms with Crippen molar-refractivity contribution in [2.75, 3.05) is 13.6 Å². The average molecular weight is 236 g/mol. The van der Waals surface area contributed by atoms with E-state index in [9.17, 15) is 5.26 Å². The van der Waals surface area contributed by atoms with Crippen LogP contribution in [0.2, 0.25) is 0 Å². The van der Waals surface area contributed by atoms with Gasteiger partial charge in [-0.3, -0.25) is 0 Å². The molecule has 1 saturated carbocycles. The van der Waals surface area contributed by atoms with Crippen molar-refractivity contribution in [2.45, 2.75) is 58.9 Å². The molecule has 0 amide bonds. The van der Waals surface area contributed by atoms with Crippen LogP contribution in [0.5, 0.6) is 0 Å². The van der Waals surface area contributed by atoms with Gasteiger partial charge in [0.2, 0.25) is 0 Å². The van der Waals surface area contributed by atoms with Crippen molar-refractivity contribution in [3.8, 4) is 6.07 Å². The Balaban J connectivity index is 2.59. The summed E-state index contributed by atoms with van der Waals surface area (Å²) in [5.41, 5.74) is 0. The summed E-state index contributed by atoms with van der Waals surface area (Å²) in [6, 6.07) is 3.02. The highest BCUT2D eigenvalue weighted by molar-refractivity contribution is 4.97. The van der Waals surface area contributed by atoms with Crippen LogP contribution in [0.4, 0.5) is 0 Å². The molecule has 0 aromatic carbocycles. The van der Waals surface area contributed by atoms with Crippen LogP contribution >= 0.6 is 0 Å². The lowest BCUT2D eigenvalue weighted by atomic mass is 9.76. The second kappa shape index (κ2) is 7.01. The molecular weight excluding hydrogens is 208 g/mol. The van der Waals surface area contributed by atoms with Crippen molar-refractivity contribution < 1.29 is 0 Å². The minimum atomic E-state index is 0.256. The van der Waals surface area contributed by atoms with Crippen molar-refractivity contribution in [1.29, 1.82) is 5.26 Å². The first-order valence-corrected chi connectivity index (χ1v) is 7.18. The van der Waals surface area contributed by atoms with Crippen LogP contribution in [0.25, 0.3) is 0 Å². The summed E-state index contributed by atoms with van der Waals surface area (Å²) in [6.07, 6.45) is 6.22. The molecule has 3 atom stereocenters. The maximum atomic E-state index is 9.28. The van der Waals surface area contributed by atoms with Gasteiger partial charge in [0.25, 0.3) is 0 Å². The van der Waals surface area contributed by atoms with Crippen LogP contribution in [0.15, 0.2) is 0 Å². The molecule has 0 heterocycles. The molecule has 0 aliphatic heterocycles. The summed E-state index contributed by atoms with van der Waals surface area (Å²) in [5, 5.41) is 9.28. The molecule has 0 radical (unpaired) electrons. The van der Waals surface area contributed by atoms with Gasteiger partial charge in [0, 0.05) is 12.6 Å². The molecule has 0 saturated heterocycles. The van der Waals surface area contributed by atoms with Crippen LogP contribution in [-0.2, 0) is 0 Å². The third kappa shape index (κ3) is 4.32. The Bertz CT molecular complexity index is 254. The Morgan fingerprint density at radius 3 is 2.59 bits per heavy atom. The highest BCUT2D eigenvalue weighted by Gasteiger charge is 2.32. The lowest BCUT2D eigenvalue weighted by Crippen LogP contribution is -2.43. The molecule has 1 aliphatic carbocycles. The van der Waals surface area contributed by atoms with Crippen molar-refractivity contribution in [2.24, 2.45) is 17.8 Å². The third-order valence-electron chi connectivity index (χ3n) is 4.01. The van der Waals surface area contributed by atoms with Gasteiger partial charge in [0.05, 0.1) is 12.0 Å². The Hall–Kier alpha value is -0.550. The molecule has 0 bridgehead atoms. The molecule has 2 heteroatoms. The van der Waals surface area contributed by atoms with E-state index in [1.165, 1.54) is 25.7 Å². The summed E-state index contributed by atoms with van der Waals surface area (Å²) >= 11 is 0. The van der Waals surface area contributed by atoms with E-state index in [0.717, 1.165) is 18.9 Å². The molecule has 0 N–H and O–H groups in total. The Morgan fingerprint density at radius 1 is 1.35 bits per heavy atom. The smallest absolute Gasteiger partial charge is 0.0672 e. The van der Waals surface area contributed by atoms with E-state index in [1.807, 2.05) is 0 Å². The fraction of sp³-hybridized carbons (Fsp3) is 0.933. The lowest BCUT2D eigenvalue weighted by Gasteiger charge is -2.39. The largest absolute Gasteiger partial charge is 0.302 e. The Kier molecular flexibility index (Phi) is 5.98. The van der Waals surface area contributed by atoms with Crippen molar-refractivity contribution in [3.63, 3.8) is 0 Å². The maximum absolute atomic E-state index is 9.28. The molecule has 3 unspecified atom stereocenters. The molecule has 17 heavy (non-hydrogen) atoms. The van der Waals surface area contributed by atoms with E-state index in [1.54, 1.807) is 0 Å². The summed E-state index contributed by atoms with van der Waals surface area (Å²) < 4.78 is 0. The fourth-order valence-corrected chi connectivity index (χ4v) is 3.25. The van der Waals surface area contributed by atoms with Gasteiger partial charge >= 0.3 is 0 Å². The summed E-state index contributed by atoms with van der Waals surface area (Å²) in [6.45, 7) is 7.89. The second-order valence-corrected chi connectivity index (χ2v) is 6.10. The zero-order valence-corrected chi connectivity index (χ0v) is 11.9. The van der Waals surface area contributed by atoms with Gasteiger partial charge in [-0.05, 0) is 38.1 Å². The fourth-order valence-electron chi connectivity index (χ4n) is 3.25. The molecule has 0 aromatic heterocycles. The van der Waals surface area contributed by atoms with E-state index in [-0.39, 0.29) is 5.92 Å². The molecule has 1 rings (SSSR count). The first-order valence-electron chi connectivity index (χ1n) is 7.18. The van der Waals surface area contributed by atoms with E-state index in [0.29, 0.717) is 12.0 Å². The summed E-state index contributed by atoms with van der Waals surface area (Å²) in [7, 11) is 2.20. The molecule has 2 nitrogen and oxygen atoms in total. The summed E-state index contributed by atoms with van der Waals surface area (Å²) in [4.78, 5) is 2.43. The normalized spacial score (nSPS) is 29.6. The van der Waals surface area contributed by atoms with E-state index in [2.05, 4.69) is 38.8 Å². The van der Waals surface area contributed by atoms with E-state index in [4.69, 9.17) is 0 Å². The molecule has 0 aromatic rings.